The van der Waals surface area contributed by atoms with Crippen LogP contribution in [0.25, 0.3) is 10.9 Å². The number of hydrogen-bond donors (Lipinski definition) is 1. The highest BCUT2D eigenvalue weighted by Gasteiger charge is 2.55. The number of amides is 1. The lowest BCUT2D eigenvalue weighted by Crippen LogP contribution is -2.46. The Kier molecular flexibility index (Phi) is 2.98. The molecule has 0 radical (unpaired) electrons. The second kappa shape index (κ2) is 5.22. The van der Waals surface area contributed by atoms with E-state index in [2.05, 4.69) is 23.2 Å². The molecule has 1 amide bonds. The minimum atomic E-state index is -0.254. The summed E-state index contributed by atoms with van der Waals surface area (Å²) in [7, 11) is 0. The molecule has 6 rings (SSSR count). The van der Waals surface area contributed by atoms with E-state index in [0.717, 1.165) is 49.0 Å². The van der Waals surface area contributed by atoms with Crippen LogP contribution in [0.3, 0.4) is 0 Å². The van der Waals surface area contributed by atoms with Gasteiger partial charge < -0.3 is 9.88 Å². The molecule has 1 aliphatic heterocycles. The number of nitrogens with one attached hydrogen (secondary N) is 1. The number of carbonyl (C=O) groups is 1. The quantitative estimate of drug-likeness (QED) is 0.708. The zero-order valence-electron chi connectivity index (χ0n) is 15.0. The third-order valence-corrected chi connectivity index (χ3v) is 6.55. The van der Waals surface area contributed by atoms with Gasteiger partial charge in [-0.1, -0.05) is 30.3 Å². The average Bonchev–Trinajstić information content (AvgIpc) is 3.59. The van der Waals surface area contributed by atoms with Crippen LogP contribution in [0.5, 0.6) is 0 Å². The van der Waals surface area contributed by atoms with E-state index in [1.165, 1.54) is 17.0 Å². The van der Waals surface area contributed by atoms with Gasteiger partial charge in [0, 0.05) is 34.5 Å². The van der Waals surface area contributed by atoms with Gasteiger partial charge in [-0.3, -0.25) is 4.79 Å². The number of H-pyrrole nitrogens is 1. The predicted octanol–water partition coefficient (Wildman–Crippen LogP) is 4.68. The number of carbonyl (C=O) groups excluding carboxylic acids is 1. The number of hydrogen-bond acceptors (Lipinski definition) is 1. The van der Waals surface area contributed by atoms with Crippen LogP contribution in [0, 0.1) is 11.7 Å². The van der Waals surface area contributed by atoms with Gasteiger partial charge in [0.25, 0.3) is 0 Å². The molecule has 1 spiro atoms. The van der Waals surface area contributed by atoms with E-state index in [1.54, 1.807) is 12.1 Å². The van der Waals surface area contributed by atoms with Crippen molar-refractivity contribution >= 4 is 16.8 Å². The van der Waals surface area contributed by atoms with Crippen molar-refractivity contribution in [2.45, 2.75) is 37.1 Å². The molecule has 27 heavy (non-hydrogen) atoms. The molecule has 3 aromatic rings. The fourth-order valence-corrected chi connectivity index (χ4v) is 4.94. The van der Waals surface area contributed by atoms with Crippen LogP contribution in [-0.4, -0.2) is 22.3 Å². The second-order valence-corrected chi connectivity index (χ2v) is 8.44. The molecule has 0 bridgehead atoms. The largest absolute Gasteiger partial charge is 0.356 e. The topological polar surface area (TPSA) is 36.1 Å². The maximum absolute atomic E-state index is 14.1. The zero-order valence-corrected chi connectivity index (χ0v) is 15.0. The van der Waals surface area contributed by atoms with E-state index >= 15 is 0 Å². The van der Waals surface area contributed by atoms with E-state index in [0.29, 0.717) is 0 Å². The highest BCUT2D eigenvalue weighted by Crippen LogP contribution is 2.58. The van der Waals surface area contributed by atoms with E-state index < -0.39 is 0 Å². The van der Waals surface area contributed by atoms with E-state index in [4.69, 9.17) is 0 Å². The molecular formula is C23H21FN2O. The second-order valence-electron chi connectivity index (χ2n) is 8.44. The van der Waals surface area contributed by atoms with Crippen LogP contribution < -0.4 is 0 Å². The molecule has 4 heteroatoms. The Morgan fingerprint density at radius 2 is 1.93 bits per heavy atom. The Hall–Kier alpha value is -2.62. The van der Waals surface area contributed by atoms with Crippen molar-refractivity contribution in [1.29, 1.82) is 0 Å². The van der Waals surface area contributed by atoms with Crippen molar-refractivity contribution in [3.05, 3.63) is 71.2 Å². The summed E-state index contributed by atoms with van der Waals surface area (Å²) in [6, 6.07) is 14.9. The van der Waals surface area contributed by atoms with E-state index in [9.17, 15) is 9.18 Å². The maximum atomic E-state index is 14.1. The summed E-state index contributed by atoms with van der Waals surface area (Å²) >= 11 is 0. The lowest BCUT2D eigenvalue weighted by Gasteiger charge is -2.41. The molecule has 2 fully saturated rings. The van der Waals surface area contributed by atoms with Gasteiger partial charge in [0.1, 0.15) is 5.82 Å². The fraction of sp³-hybridized carbons (Fsp3) is 0.348. The monoisotopic (exact) mass is 360 g/mol. The number of aromatic nitrogens is 1. The minimum Gasteiger partial charge on any atom is -0.356 e. The van der Waals surface area contributed by atoms with Crippen molar-refractivity contribution in [3.63, 3.8) is 0 Å². The summed E-state index contributed by atoms with van der Waals surface area (Å²) in [6.07, 6.45) is 4.20. The number of para-hydroxylation sites is 1. The van der Waals surface area contributed by atoms with Gasteiger partial charge in [0.05, 0.1) is 6.04 Å². The first-order chi connectivity index (χ1) is 13.2. The van der Waals surface area contributed by atoms with Crippen molar-refractivity contribution in [2.24, 2.45) is 5.92 Å². The summed E-state index contributed by atoms with van der Waals surface area (Å²) in [5, 5.41) is 1.25. The molecule has 0 saturated heterocycles. The summed E-state index contributed by atoms with van der Waals surface area (Å²) < 4.78 is 14.1. The van der Waals surface area contributed by atoms with Gasteiger partial charge >= 0.3 is 0 Å². The Balaban J connectivity index is 1.60. The number of halogens is 1. The van der Waals surface area contributed by atoms with Crippen molar-refractivity contribution in [1.82, 2.24) is 9.88 Å². The number of aromatic amines is 1. The fourth-order valence-electron chi connectivity index (χ4n) is 4.94. The SMILES string of the molecule is O=C(C1CC1)N1CC2(CC2)c2c([nH]c3ccccc23)C1c1cccc(F)c1. The standard InChI is InChI=1S/C23H21FN2O/c24-16-5-3-4-15(12-16)21-20-19(17-6-1-2-7-18(17)25-20)23(10-11-23)13-26(21)22(27)14-8-9-14/h1-7,12,14,21,25H,8-11,13H2. The molecule has 136 valence electrons. The highest BCUT2D eigenvalue weighted by atomic mass is 19.1. The van der Waals surface area contributed by atoms with Crippen molar-refractivity contribution in [2.75, 3.05) is 6.54 Å². The van der Waals surface area contributed by atoms with Gasteiger partial charge in [-0.2, -0.15) is 0 Å². The summed E-state index contributed by atoms with van der Waals surface area (Å²) in [6.45, 7) is 0.748. The van der Waals surface area contributed by atoms with Crippen molar-refractivity contribution in [3.8, 4) is 0 Å². The van der Waals surface area contributed by atoms with Gasteiger partial charge in [0.15, 0.2) is 0 Å². The van der Waals surface area contributed by atoms with E-state index in [-0.39, 0.29) is 29.1 Å². The highest BCUT2D eigenvalue weighted by molar-refractivity contribution is 5.89. The van der Waals surface area contributed by atoms with Gasteiger partial charge in [-0.15, -0.1) is 0 Å². The van der Waals surface area contributed by atoms with Crippen LogP contribution in [0.1, 0.15) is 48.5 Å². The van der Waals surface area contributed by atoms with Crippen LogP contribution >= 0.6 is 0 Å². The molecule has 3 aliphatic rings. The molecule has 1 atom stereocenters. The lowest BCUT2D eigenvalue weighted by molar-refractivity contribution is -0.135. The molecule has 2 aliphatic carbocycles. The first-order valence-corrected chi connectivity index (χ1v) is 9.83. The Labute approximate surface area is 157 Å². The van der Waals surface area contributed by atoms with Crippen LogP contribution in [0.15, 0.2) is 48.5 Å². The average molecular weight is 360 g/mol. The van der Waals surface area contributed by atoms with Crippen molar-refractivity contribution < 1.29 is 9.18 Å². The number of rotatable bonds is 2. The van der Waals surface area contributed by atoms with Crippen LogP contribution in [0.4, 0.5) is 4.39 Å². The third-order valence-electron chi connectivity index (χ3n) is 6.55. The molecule has 1 aromatic heterocycles. The number of nitrogens with zero attached hydrogens (tertiary/aromatic N) is 1. The normalized spacial score (nSPS) is 22.9. The summed E-state index contributed by atoms with van der Waals surface area (Å²) in [4.78, 5) is 18.8. The first kappa shape index (κ1) is 15.4. The van der Waals surface area contributed by atoms with E-state index in [1.807, 2.05) is 17.0 Å². The maximum Gasteiger partial charge on any atom is 0.226 e. The smallest absolute Gasteiger partial charge is 0.226 e. The molecule has 1 N–H and O–H groups in total. The number of fused-ring (bicyclic) bond motifs is 4. The molecule has 3 nitrogen and oxygen atoms in total. The summed E-state index contributed by atoms with van der Waals surface area (Å²) in [5.41, 5.74) is 4.47. The van der Waals surface area contributed by atoms with Gasteiger partial charge in [0.2, 0.25) is 5.91 Å². The Morgan fingerprint density at radius 3 is 2.67 bits per heavy atom. The Bertz CT molecular complexity index is 1080. The minimum absolute atomic E-state index is 0.0727. The van der Waals surface area contributed by atoms with Crippen LogP contribution in [-0.2, 0) is 10.2 Å². The van der Waals surface area contributed by atoms with Crippen LogP contribution in [0.2, 0.25) is 0 Å². The zero-order chi connectivity index (χ0) is 18.2. The molecule has 2 aromatic carbocycles. The lowest BCUT2D eigenvalue weighted by atomic mass is 9.83. The summed E-state index contributed by atoms with van der Waals surface area (Å²) in [5.74, 6) is 0.137. The third kappa shape index (κ3) is 2.22. The van der Waals surface area contributed by atoms with Gasteiger partial charge in [-0.05, 0) is 55.0 Å². The first-order valence-electron chi connectivity index (χ1n) is 9.83. The van der Waals surface area contributed by atoms with Gasteiger partial charge in [-0.25, -0.2) is 4.39 Å². The molecule has 2 heterocycles. The predicted molar refractivity (Wildman–Crippen MR) is 102 cm³/mol. The molecule has 1 unspecified atom stereocenters. The molecule has 2 saturated carbocycles. The molecular weight excluding hydrogens is 339 g/mol. The Morgan fingerprint density at radius 1 is 1.11 bits per heavy atom. The number of benzene rings is 2.